The van der Waals surface area contributed by atoms with Crippen molar-refractivity contribution in [3.8, 4) is 0 Å². The molecule has 0 aliphatic heterocycles. The molecule has 0 aromatic carbocycles. The molecule has 0 amide bonds. The molecule has 1 aliphatic rings. The molecule has 0 spiro atoms. The molecule has 108 valence electrons. The highest BCUT2D eigenvalue weighted by Crippen LogP contribution is 2.49. The molecular formula is C14H25N3OS. The van der Waals surface area contributed by atoms with Crippen LogP contribution in [0.5, 0.6) is 0 Å². The van der Waals surface area contributed by atoms with Gasteiger partial charge in [0.25, 0.3) is 0 Å². The number of ether oxygens (including phenoxy) is 1. The molecule has 3 N–H and O–H groups in total. The van der Waals surface area contributed by atoms with E-state index in [0.29, 0.717) is 0 Å². The van der Waals surface area contributed by atoms with Crippen molar-refractivity contribution in [3.63, 3.8) is 0 Å². The van der Waals surface area contributed by atoms with Gasteiger partial charge < -0.3 is 15.8 Å². The summed E-state index contributed by atoms with van der Waals surface area (Å²) in [6.07, 6.45) is 1.21. The maximum absolute atomic E-state index is 6.51. The van der Waals surface area contributed by atoms with Crippen molar-refractivity contribution in [1.29, 1.82) is 0 Å². The average molecular weight is 283 g/mol. The van der Waals surface area contributed by atoms with Crippen LogP contribution in [0.1, 0.15) is 37.9 Å². The van der Waals surface area contributed by atoms with Crippen molar-refractivity contribution >= 4 is 11.3 Å². The van der Waals surface area contributed by atoms with Gasteiger partial charge in [-0.05, 0) is 20.3 Å². The van der Waals surface area contributed by atoms with Gasteiger partial charge in [-0.15, -0.1) is 11.3 Å². The summed E-state index contributed by atoms with van der Waals surface area (Å²) in [6.45, 7) is 10.8. The summed E-state index contributed by atoms with van der Waals surface area (Å²) in [6, 6.07) is 0. The summed E-state index contributed by atoms with van der Waals surface area (Å²) in [5.41, 5.74) is 7.45. The predicted octanol–water partition coefficient (Wildman–Crippen LogP) is 2.07. The summed E-state index contributed by atoms with van der Waals surface area (Å²) >= 11 is 1.69. The van der Waals surface area contributed by atoms with Crippen molar-refractivity contribution in [1.82, 2.24) is 10.3 Å². The van der Waals surface area contributed by atoms with E-state index in [4.69, 9.17) is 10.5 Å². The number of nitrogens with one attached hydrogen (secondary N) is 1. The lowest BCUT2D eigenvalue weighted by atomic mass is 9.54. The summed E-state index contributed by atoms with van der Waals surface area (Å²) in [4.78, 5) is 4.45. The second-order valence-electron chi connectivity index (χ2n) is 5.99. The highest BCUT2D eigenvalue weighted by Gasteiger charge is 2.58. The van der Waals surface area contributed by atoms with E-state index in [-0.39, 0.29) is 17.1 Å². The number of rotatable bonds is 6. The Hall–Kier alpha value is -0.490. The molecular weight excluding hydrogens is 258 g/mol. The van der Waals surface area contributed by atoms with Crippen LogP contribution in [0.25, 0.3) is 0 Å². The van der Waals surface area contributed by atoms with E-state index in [2.05, 4.69) is 29.5 Å². The number of nitrogens with zero attached hydrogens (tertiary/aromatic N) is 1. The summed E-state index contributed by atoms with van der Waals surface area (Å²) in [5, 5.41) is 6.65. The van der Waals surface area contributed by atoms with Crippen LogP contribution in [-0.2, 0) is 11.3 Å². The molecule has 5 heteroatoms. The van der Waals surface area contributed by atoms with Crippen LogP contribution in [0.2, 0.25) is 0 Å². The summed E-state index contributed by atoms with van der Waals surface area (Å²) < 4.78 is 5.74. The van der Waals surface area contributed by atoms with E-state index < -0.39 is 0 Å². The fourth-order valence-electron chi connectivity index (χ4n) is 2.71. The van der Waals surface area contributed by atoms with Gasteiger partial charge in [0.2, 0.25) is 0 Å². The first-order valence-corrected chi connectivity index (χ1v) is 7.79. The lowest BCUT2D eigenvalue weighted by Gasteiger charge is -2.59. The van der Waals surface area contributed by atoms with E-state index in [1.54, 1.807) is 11.3 Å². The monoisotopic (exact) mass is 283 g/mol. The number of nitrogens with two attached hydrogens (primary N) is 1. The third-order valence-electron chi connectivity index (χ3n) is 4.42. The molecule has 0 radical (unpaired) electrons. The Balaban J connectivity index is 1.83. The molecule has 2 atom stereocenters. The molecule has 2 unspecified atom stereocenters. The Morgan fingerprint density at radius 1 is 1.58 bits per heavy atom. The van der Waals surface area contributed by atoms with Gasteiger partial charge in [0.1, 0.15) is 0 Å². The van der Waals surface area contributed by atoms with E-state index in [9.17, 15) is 0 Å². The minimum Gasteiger partial charge on any atom is -0.378 e. The fourth-order valence-corrected chi connectivity index (χ4v) is 3.32. The minimum absolute atomic E-state index is 0.0218. The Morgan fingerprint density at radius 3 is 2.84 bits per heavy atom. The zero-order chi connectivity index (χ0) is 14.1. The second-order valence-corrected chi connectivity index (χ2v) is 7.05. The Labute approximate surface area is 119 Å². The van der Waals surface area contributed by atoms with Crippen molar-refractivity contribution in [2.45, 2.75) is 52.3 Å². The normalized spacial score (nSPS) is 29.2. The van der Waals surface area contributed by atoms with Gasteiger partial charge >= 0.3 is 0 Å². The molecule has 1 aromatic heterocycles. The maximum Gasteiger partial charge on any atom is 0.0897 e. The van der Waals surface area contributed by atoms with Crippen LogP contribution in [-0.4, -0.2) is 29.8 Å². The smallest absolute Gasteiger partial charge is 0.0897 e. The van der Waals surface area contributed by atoms with Crippen LogP contribution < -0.4 is 11.1 Å². The molecule has 1 aromatic rings. The lowest BCUT2D eigenvalue weighted by molar-refractivity contribution is -0.148. The SMILES string of the molecule is CCOC1CC(N)(CNCc2csc(C)n2)C1(C)C. The third-order valence-corrected chi connectivity index (χ3v) is 5.24. The molecule has 1 heterocycles. The first-order chi connectivity index (χ1) is 8.89. The molecule has 0 bridgehead atoms. The van der Waals surface area contributed by atoms with Gasteiger partial charge in [0.15, 0.2) is 0 Å². The molecule has 0 saturated heterocycles. The van der Waals surface area contributed by atoms with Crippen LogP contribution in [0, 0.1) is 12.3 Å². The van der Waals surface area contributed by atoms with Gasteiger partial charge in [0.05, 0.1) is 16.8 Å². The molecule has 1 aliphatic carbocycles. The maximum atomic E-state index is 6.51. The van der Waals surface area contributed by atoms with Crippen molar-refractivity contribution in [2.24, 2.45) is 11.1 Å². The highest BCUT2D eigenvalue weighted by molar-refractivity contribution is 7.09. The molecule has 2 rings (SSSR count). The average Bonchev–Trinajstić information content (AvgIpc) is 2.75. The fraction of sp³-hybridized carbons (Fsp3) is 0.786. The van der Waals surface area contributed by atoms with Gasteiger partial charge in [-0.1, -0.05) is 13.8 Å². The van der Waals surface area contributed by atoms with Crippen LogP contribution in [0.3, 0.4) is 0 Å². The number of hydrogen-bond donors (Lipinski definition) is 2. The van der Waals surface area contributed by atoms with Gasteiger partial charge in [-0.3, -0.25) is 0 Å². The topological polar surface area (TPSA) is 60.2 Å². The largest absolute Gasteiger partial charge is 0.378 e. The molecule has 1 saturated carbocycles. The number of aryl methyl sites for hydroxylation is 1. The van der Waals surface area contributed by atoms with Crippen molar-refractivity contribution < 1.29 is 4.74 Å². The van der Waals surface area contributed by atoms with E-state index in [1.165, 1.54) is 0 Å². The summed E-state index contributed by atoms with van der Waals surface area (Å²) in [7, 11) is 0. The highest BCUT2D eigenvalue weighted by atomic mass is 32.1. The van der Waals surface area contributed by atoms with Gasteiger partial charge in [-0.25, -0.2) is 4.98 Å². The van der Waals surface area contributed by atoms with Crippen LogP contribution in [0.15, 0.2) is 5.38 Å². The van der Waals surface area contributed by atoms with Gasteiger partial charge in [-0.2, -0.15) is 0 Å². The molecule has 19 heavy (non-hydrogen) atoms. The van der Waals surface area contributed by atoms with Crippen LogP contribution >= 0.6 is 11.3 Å². The van der Waals surface area contributed by atoms with E-state index in [1.807, 2.05) is 13.8 Å². The quantitative estimate of drug-likeness (QED) is 0.839. The lowest BCUT2D eigenvalue weighted by Crippen LogP contribution is -2.73. The Morgan fingerprint density at radius 2 is 2.32 bits per heavy atom. The number of hydrogen-bond acceptors (Lipinski definition) is 5. The van der Waals surface area contributed by atoms with Crippen molar-refractivity contribution in [2.75, 3.05) is 13.2 Å². The first-order valence-electron chi connectivity index (χ1n) is 6.91. The van der Waals surface area contributed by atoms with Crippen molar-refractivity contribution in [3.05, 3.63) is 16.1 Å². The predicted molar refractivity (Wildman–Crippen MR) is 79.3 cm³/mol. The minimum atomic E-state index is -0.183. The Bertz CT molecular complexity index is 432. The van der Waals surface area contributed by atoms with Gasteiger partial charge in [0, 0.05) is 36.0 Å². The second kappa shape index (κ2) is 5.48. The van der Waals surface area contributed by atoms with E-state index in [0.717, 1.165) is 36.8 Å². The van der Waals surface area contributed by atoms with Crippen LogP contribution in [0.4, 0.5) is 0 Å². The summed E-state index contributed by atoms with van der Waals surface area (Å²) in [5.74, 6) is 0. The molecule has 4 nitrogen and oxygen atoms in total. The van der Waals surface area contributed by atoms with E-state index >= 15 is 0 Å². The number of aromatic nitrogens is 1. The molecule has 1 fully saturated rings. The zero-order valence-corrected chi connectivity index (χ0v) is 13.1. The first kappa shape index (κ1) is 14.9. The third kappa shape index (κ3) is 2.84. The Kier molecular flexibility index (Phi) is 4.30. The number of thiazole rings is 1. The standard InChI is InChI=1S/C14H25N3OS/c1-5-18-12-6-14(15,13(12,3)4)9-16-7-11-8-19-10(2)17-11/h8,12,16H,5-7,9,15H2,1-4H3. The zero-order valence-electron chi connectivity index (χ0n) is 12.3.